The predicted molar refractivity (Wildman–Crippen MR) is 63.3 cm³/mol. The van der Waals surface area contributed by atoms with Crippen LogP contribution in [0.2, 0.25) is 0 Å². The minimum Gasteiger partial charge on any atom is -0.480 e. The van der Waals surface area contributed by atoms with E-state index in [-0.39, 0.29) is 0 Å². The van der Waals surface area contributed by atoms with Crippen molar-refractivity contribution < 1.29 is 14.7 Å². The van der Waals surface area contributed by atoms with Gasteiger partial charge in [0.15, 0.2) is 0 Å². The van der Waals surface area contributed by atoms with Gasteiger partial charge < -0.3 is 10.4 Å². The summed E-state index contributed by atoms with van der Waals surface area (Å²) in [5.41, 5.74) is 0. The molecule has 1 atom stereocenters. The fraction of sp³-hybridized carbons (Fsp3) is 0.273. The number of nitrogens with one attached hydrogen (secondary N) is 1. The molecule has 0 spiro atoms. The highest BCUT2D eigenvalue weighted by Crippen LogP contribution is 2.16. The molecule has 0 aromatic carbocycles. The number of carbonyl (C=O) groups is 2. The van der Waals surface area contributed by atoms with Gasteiger partial charge in [0.2, 0.25) is 5.91 Å². The molecule has 1 amide bonds. The van der Waals surface area contributed by atoms with E-state index in [0.29, 0.717) is 0 Å². The molecule has 0 aliphatic carbocycles. The van der Waals surface area contributed by atoms with Crippen LogP contribution >= 0.6 is 11.3 Å². The molecule has 1 heterocycles. The molecule has 0 saturated carbocycles. The van der Waals surface area contributed by atoms with Gasteiger partial charge in [0.05, 0.1) is 0 Å². The van der Waals surface area contributed by atoms with Crippen LogP contribution < -0.4 is 5.32 Å². The Morgan fingerprint density at radius 1 is 1.50 bits per heavy atom. The average Bonchev–Trinajstić information content (AvgIpc) is 2.61. The highest BCUT2D eigenvalue weighted by molar-refractivity contribution is 7.12. The van der Waals surface area contributed by atoms with Gasteiger partial charge in [-0.15, -0.1) is 11.3 Å². The number of carboxylic acids is 1. The van der Waals surface area contributed by atoms with Gasteiger partial charge in [-0.25, -0.2) is 0 Å². The molecule has 0 bridgehead atoms. The van der Waals surface area contributed by atoms with Crippen molar-refractivity contribution in [2.75, 3.05) is 0 Å². The third kappa shape index (κ3) is 3.86. The van der Waals surface area contributed by atoms with Crippen LogP contribution in [0.1, 0.15) is 16.7 Å². The van der Waals surface area contributed by atoms with Crippen LogP contribution in [0, 0.1) is 6.92 Å². The lowest BCUT2D eigenvalue weighted by molar-refractivity contribution is -0.140. The normalized spacial score (nSPS) is 12.6. The monoisotopic (exact) mass is 239 g/mol. The van der Waals surface area contributed by atoms with Crippen LogP contribution in [0.25, 0.3) is 6.08 Å². The van der Waals surface area contributed by atoms with Crippen LogP contribution in [0.4, 0.5) is 0 Å². The molecular formula is C11H13NO3S. The maximum Gasteiger partial charge on any atom is 0.325 e. The second-order valence-corrected chi connectivity index (χ2v) is 4.67. The first kappa shape index (κ1) is 12.4. The Morgan fingerprint density at radius 2 is 2.19 bits per heavy atom. The Hall–Kier alpha value is -1.62. The third-order valence-corrected chi connectivity index (χ3v) is 2.86. The van der Waals surface area contributed by atoms with E-state index in [1.807, 2.05) is 19.1 Å². The first-order chi connectivity index (χ1) is 7.49. The summed E-state index contributed by atoms with van der Waals surface area (Å²) < 4.78 is 0. The van der Waals surface area contributed by atoms with E-state index in [2.05, 4.69) is 5.32 Å². The Kier molecular flexibility index (Phi) is 4.25. The van der Waals surface area contributed by atoms with Crippen molar-refractivity contribution in [2.24, 2.45) is 0 Å². The molecule has 0 saturated heterocycles. The summed E-state index contributed by atoms with van der Waals surface area (Å²) in [4.78, 5) is 23.9. The van der Waals surface area contributed by atoms with Crippen molar-refractivity contribution in [2.45, 2.75) is 19.9 Å². The van der Waals surface area contributed by atoms with Crippen molar-refractivity contribution in [3.63, 3.8) is 0 Å². The van der Waals surface area contributed by atoms with Crippen molar-refractivity contribution in [1.82, 2.24) is 5.32 Å². The summed E-state index contributed by atoms with van der Waals surface area (Å²) in [6, 6.07) is 2.99. The number of thiophene rings is 1. The maximum absolute atomic E-state index is 11.3. The zero-order chi connectivity index (χ0) is 12.1. The summed E-state index contributed by atoms with van der Waals surface area (Å²) in [5.74, 6) is -1.45. The topological polar surface area (TPSA) is 66.4 Å². The number of rotatable bonds is 4. The number of aliphatic carboxylic acids is 1. The number of carbonyl (C=O) groups excluding carboxylic acids is 1. The van der Waals surface area contributed by atoms with Crippen molar-refractivity contribution in [3.8, 4) is 0 Å². The largest absolute Gasteiger partial charge is 0.480 e. The molecule has 5 heteroatoms. The maximum atomic E-state index is 11.3. The summed E-state index contributed by atoms with van der Waals surface area (Å²) in [7, 11) is 0. The molecule has 86 valence electrons. The molecule has 4 nitrogen and oxygen atoms in total. The number of hydrogen-bond acceptors (Lipinski definition) is 3. The smallest absolute Gasteiger partial charge is 0.325 e. The second-order valence-electron chi connectivity index (χ2n) is 3.35. The van der Waals surface area contributed by atoms with Crippen molar-refractivity contribution in [3.05, 3.63) is 28.0 Å². The van der Waals surface area contributed by atoms with Crippen LogP contribution in [-0.4, -0.2) is 23.0 Å². The predicted octanol–water partition coefficient (Wildman–Crippen LogP) is 1.66. The zero-order valence-corrected chi connectivity index (χ0v) is 9.88. The van der Waals surface area contributed by atoms with Crippen LogP contribution in [0.3, 0.4) is 0 Å². The van der Waals surface area contributed by atoms with Gasteiger partial charge >= 0.3 is 5.97 Å². The van der Waals surface area contributed by atoms with Gasteiger partial charge in [-0.1, -0.05) is 0 Å². The molecule has 0 aliphatic heterocycles. The Bertz CT molecular complexity index is 423. The third-order valence-electron chi connectivity index (χ3n) is 1.89. The molecular weight excluding hydrogens is 226 g/mol. The lowest BCUT2D eigenvalue weighted by Gasteiger charge is -2.05. The molecule has 2 N–H and O–H groups in total. The van der Waals surface area contributed by atoms with E-state index >= 15 is 0 Å². The van der Waals surface area contributed by atoms with E-state index in [1.54, 1.807) is 17.4 Å². The lowest BCUT2D eigenvalue weighted by atomic mass is 10.3. The minimum atomic E-state index is -1.05. The Labute approximate surface area is 97.6 Å². The van der Waals surface area contributed by atoms with Gasteiger partial charge in [-0.2, -0.15) is 0 Å². The first-order valence-corrected chi connectivity index (χ1v) is 5.58. The molecule has 1 aromatic heterocycles. The fourth-order valence-electron chi connectivity index (χ4n) is 1.02. The minimum absolute atomic E-state index is 0.402. The van der Waals surface area contributed by atoms with Crippen LogP contribution in [0.15, 0.2) is 18.2 Å². The Morgan fingerprint density at radius 3 is 2.69 bits per heavy atom. The molecule has 1 rings (SSSR count). The number of hydrogen-bond donors (Lipinski definition) is 2. The van der Waals surface area contributed by atoms with E-state index < -0.39 is 17.9 Å². The lowest BCUT2D eigenvalue weighted by Crippen LogP contribution is -2.37. The molecule has 1 aromatic rings. The summed E-state index contributed by atoms with van der Waals surface area (Å²) in [6.45, 7) is 3.40. The summed E-state index contributed by atoms with van der Waals surface area (Å²) >= 11 is 1.57. The van der Waals surface area contributed by atoms with E-state index in [4.69, 9.17) is 5.11 Å². The number of aryl methyl sites for hydroxylation is 1. The standard InChI is InChI=1S/C11H13NO3S/c1-7-3-4-9(16-7)5-6-10(13)12-8(2)11(14)15/h3-6,8H,1-2H3,(H,12,13)(H,14,15)/b6-5+. The molecule has 0 fully saturated rings. The highest BCUT2D eigenvalue weighted by atomic mass is 32.1. The number of amides is 1. The van der Waals surface area contributed by atoms with Gasteiger partial charge in [-0.05, 0) is 32.1 Å². The molecule has 1 unspecified atom stereocenters. The Balaban J connectivity index is 2.51. The van der Waals surface area contributed by atoms with Crippen LogP contribution in [-0.2, 0) is 9.59 Å². The number of carboxylic acid groups (broad SMARTS) is 1. The van der Waals surface area contributed by atoms with Crippen molar-refractivity contribution >= 4 is 29.3 Å². The summed E-state index contributed by atoms with van der Waals surface area (Å²) in [5, 5.41) is 10.9. The highest BCUT2D eigenvalue weighted by Gasteiger charge is 2.11. The van der Waals surface area contributed by atoms with Gasteiger partial charge in [0.25, 0.3) is 0 Å². The fourth-order valence-corrected chi connectivity index (χ4v) is 1.80. The van der Waals surface area contributed by atoms with Gasteiger partial charge in [-0.3, -0.25) is 9.59 Å². The quantitative estimate of drug-likeness (QED) is 0.785. The van der Waals surface area contributed by atoms with E-state index in [1.165, 1.54) is 17.9 Å². The molecule has 0 radical (unpaired) electrons. The second kappa shape index (κ2) is 5.46. The van der Waals surface area contributed by atoms with E-state index in [0.717, 1.165) is 4.88 Å². The van der Waals surface area contributed by atoms with Gasteiger partial charge in [0.1, 0.15) is 6.04 Å². The molecule has 16 heavy (non-hydrogen) atoms. The SMILES string of the molecule is Cc1ccc(/C=C/C(=O)NC(C)C(=O)O)s1. The zero-order valence-electron chi connectivity index (χ0n) is 9.06. The first-order valence-electron chi connectivity index (χ1n) is 4.77. The average molecular weight is 239 g/mol. The van der Waals surface area contributed by atoms with Crippen molar-refractivity contribution in [1.29, 1.82) is 0 Å². The molecule has 0 aliphatic rings. The van der Waals surface area contributed by atoms with Gasteiger partial charge in [0, 0.05) is 15.8 Å². The summed E-state index contributed by atoms with van der Waals surface area (Å²) in [6.07, 6.45) is 3.01. The van der Waals surface area contributed by atoms with Crippen LogP contribution in [0.5, 0.6) is 0 Å². The van der Waals surface area contributed by atoms with E-state index in [9.17, 15) is 9.59 Å².